The lowest BCUT2D eigenvalue weighted by atomic mass is 10.1. The van der Waals surface area contributed by atoms with E-state index in [1.807, 2.05) is 42.5 Å². The molecule has 40 heavy (non-hydrogen) atoms. The maximum Gasteiger partial charge on any atom is 0.328 e. The molecule has 0 radical (unpaired) electrons. The largest absolute Gasteiger partial charge is 0.497 e. The summed E-state index contributed by atoms with van der Waals surface area (Å²) in [5.74, 6) is 0.638. The van der Waals surface area contributed by atoms with E-state index >= 15 is 0 Å². The summed E-state index contributed by atoms with van der Waals surface area (Å²) in [5, 5.41) is 3.35. The van der Waals surface area contributed by atoms with Gasteiger partial charge in [0.05, 0.1) is 18.0 Å². The second-order valence-corrected chi connectivity index (χ2v) is 10.0. The number of amides is 1. The number of carbonyl (C=O) groups is 1. The molecular weight excluding hydrogens is 506 g/mol. The fourth-order valence-electron chi connectivity index (χ4n) is 5.11. The van der Waals surface area contributed by atoms with Gasteiger partial charge in [-0.1, -0.05) is 30.3 Å². The molecule has 4 aromatic rings. The Morgan fingerprint density at radius 3 is 2.40 bits per heavy atom. The molecule has 0 bridgehead atoms. The van der Waals surface area contributed by atoms with E-state index in [9.17, 15) is 14.4 Å². The van der Waals surface area contributed by atoms with Crippen molar-refractivity contribution >= 4 is 22.5 Å². The van der Waals surface area contributed by atoms with Crippen LogP contribution >= 0.6 is 0 Å². The van der Waals surface area contributed by atoms with Crippen molar-refractivity contribution in [2.45, 2.75) is 19.4 Å². The quantitative estimate of drug-likeness (QED) is 0.300. The van der Waals surface area contributed by atoms with Gasteiger partial charge in [0, 0.05) is 50.5 Å². The van der Waals surface area contributed by atoms with Crippen LogP contribution in [0.15, 0.2) is 82.4 Å². The number of hydrogen-bond acceptors (Lipinski definition) is 6. The molecule has 1 amide bonds. The normalized spacial score (nSPS) is 13.9. The van der Waals surface area contributed by atoms with Crippen molar-refractivity contribution in [1.29, 1.82) is 0 Å². The van der Waals surface area contributed by atoms with Gasteiger partial charge >= 0.3 is 5.69 Å². The third-order valence-corrected chi connectivity index (χ3v) is 7.46. The van der Waals surface area contributed by atoms with E-state index in [-0.39, 0.29) is 18.0 Å². The Kier molecular flexibility index (Phi) is 8.61. The Balaban J connectivity index is 1.10. The highest BCUT2D eigenvalue weighted by atomic mass is 16.5. The predicted molar refractivity (Wildman–Crippen MR) is 158 cm³/mol. The first-order chi connectivity index (χ1) is 19.5. The number of piperazine rings is 1. The number of benzene rings is 3. The van der Waals surface area contributed by atoms with Gasteiger partial charge in [0.25, 0.3) is 11.5 Å². The molecule has 1 fully saturated rings. The first-order valence-electron chi connectivity index (χ1n) is 13.7. The van der Waals surface area contributed by atoms with Crippen molar-refractivity contribution in [3.63, 3.8) is 0 Å². The van der Waals surface area contributed by atoms with Crippen LogP contribution in [-0.2, 0) is 13.0 Å². The van der Waals surface area contributed by atoms with Crippen LogP contribution in [0.1, 0.15) is 22.3 Å². The van der Waals surface area contributed by atoms with E-state index in [0.717, 1.165) is 50.5 Å². The SMILES string of the molecule is COc1ccc(N2CCN(CCCNC(=O)c3ccc4c(=O)n(CCc5ccccc5)c(=O)[nH]c4c3)CC2)cc1. The Labute approximate surface area is 233 Å². The molecule has 9 heteroatoms. The molecule has 5 rings (SSSR count). The lowest BCUT2D eigenvalue weighted by Crippen LogP contribution is -2.47. The number of methoxy groups -OCH3 is 1. The predicted octanol–water partition coefficient (Wildman–Crippen LogP) is 2.88. The number of rotatable bonds is 10. The molecule has 0 spiro atoms. The molecule has 1 saturated heterocycles. The van der Waals surface area contributed by atoms with Crippen LogP contribution in [0.25, 0.3) is 10.9 Å². The average Bonchev–Trinajstić information content (AvgIpc) is 2.99. The standard InChI is InChI=1S/C31H35N5O4/c1-40-26-11-9-25(10-12-26)35-20-18-34(19-21-35)16-5-15-32-29(37)24-8-13-27-28(22-24)33-31(39)36(30(27)38)17-14-23-6-3-2-4-7-23/h2-4,6-13,22H,5,14-21H2,1H3,(H,32,37)(H,33,39). The van der Waals surface area contributed by atoms with Crippen molar-refractivity contribution in [3.05, 3.63) is 105 Å². The van der Waals surface area contributed by atoms with E-state index < -0.39 is 5.69 Å². The van der Waals surface area contributed by atoms with Crippen molar-refractivity contribution in [2.24, 2.45) is 0 Å². The Hall–Kier alpha value is -4.37. The zero-order valence-corrected chi connectivity index (χ0v) is 22.8. The Morgan fingerprint density at radius 1 is 0.925 bits per heavy atom. The first-order valence-corrected chi connectivity index (χ1v) is 13.7. The summed E-state index contributed by atoms with van der Waals surface area (Å²) in [5.41, 5.74) is 2.21. The van der Waals surface area contributed by atoms with Crippen LogP contribution in [0, 0.1) is 0 Å². The van der Waals surface area contributed by atoms with Crippen molar-refractivity contribution in [1.82, 2.24) is 19.8 Å². The number of nitrogens with one attached hydrogen (secondary N) is 2. The molecule has 1 aliphatic heterocycles. The minimum atomic E-state index is -0.474. The zero-order valence-electron chi connectivity index (χ0n) is 22.8. The highest BCUT2D eigenvalue weighted by Crippen LogP contribution is 2.20. The number of nitrogens with zero attached hydrogens (tertiary/aromatic N) is 3. The van der Waals surface area contributed by atoms with E-state index in [4.69, 9.17) is 4.74 Å². The van der Waals surface area contributed by atoms with Crippen molar-refractivity contribution in [2.75, 3.05) is 51.3 Å². The summed E-state index contributed by atoms with van der Waals surface area (Å²) in [6, 6.07) is 22.7. The molecular formula is C31H35N5O4. The van der Waals surface area contributed by atoms with Crippen LogP contribution in [-0.4, -0.2) is 66.7 Å². The number of fused-ring (bicyclic) bond motifs is 1. The lowest BCUT2D eigenvalue weighted by molar-refractivity contribution is 0.0951. The molecule has 0 aliphatic carbocycles. The van der Waals surface area contributed by atoms with E-state index in [0.29, 0.717) is 29.4 Å². The molecule has 3 aromatic carbocycles. The number of anilines is 1. The number of aryl methyl sites for hydroxylation is 1. The fraction of sp³-hybridized carbons (Fsp3) is 0.323. The van der Waals surface area contributed by atoms with Crippen LogP contribution in [0.3, 0.4) is 0 Å². The Bertz CT molecular complexity index is 1560. The third kappa shape index (κ3) is 6.43. The fourth-order valence-corrected chi connectivity index (χ4v) is 5.11. The van der Waals surface area contributed by atoms with Gasteiger partial charge in [0.1, 0.15) is 5.75 Å². The second-order valence-electron chi connectivity index (χ2n) is 10.0. The number of ether oxygens (including phenoxy) is 1. The third-order valence-electron chi connectivity index (χ3n) is 7.46. The van der Waals surface area contributed by atoms with Gasteiger partial charge in [0.15, 0.2) is 0 Å². The van der Waals surface area contributed by atoms with E-state index in [1.165, 1.54) is 10.3 Å². The molecule has 208 valence electrons. The minimum Gasteiger partial charge on any atom is -0.497 e. The summed E-state index contributed by atoms with van der Waals surface area (Å²) in [7, 11) is 1.67. The molecule has 1 aromatic heterocycles. The van der Waals surface area contributed by atoms with Gasteiger partial charge in [-0.2, -0.15) is 0 Å². The highest BCUT2D eigenvalue weighted by molar-refractivity contribution is 5.97. The molecule has 1 aliphatic rings. The number of aromatic nitrogens is 2. The maximum atomic E-state index is 13.0. The summed E-state index contributed by atoms with van der Waals surface area (Å²) >= 11 is 0. The molecule has 0 unspecified atom stereocenters. The number of hydrogen-bond donors (Lipinski definition) is 2. The van der Waals surface area contributed by atoms with Gasteiger partial charge in [0.2, 0.25) is 0 Å². The first kappa shape index (κ1) is 27.2. The summed E-state index contributed by atoms with van der Waals surface area (Å²) in [6.07, 6.45) is 1.42. The monoisotopic (exact) mass is 541 g/mol. The summed E-state index contributed by atoms with van der Waals surface area (Å²) in [6.45, 7) is 5.61. The van der Waals surface area contributed by atoms with Crippen LogP contribution in [0.4, 0.5) is 5.69 Å². The van der Waals surface area contributed by atoms with Crippen molar-refractivity contribution in [3.8, 4) is 5.75 Å². The van der Waals surface area contributed by atoms with Gasteiger partial charge in [-0.3, -0.25) is 19.1 Å². The molecule has 2 N–H and O–H groups in total. The van der Waals surface area contributed by atoms with Crippen molar-refractivity contribution < 1.29 is 9.53 Å². The molecule has 0 atom stereocenters. The average molecular weight is 542 g/mol. The smallest absolute Gasteiger partial charge is 0.328 e. The second kappa shape index (κ2) is 12.7. The summed E-state index contributed by atoms with van der Waals surface area (Å²) in [4.78, 5) is 45.9. The minimum absolute atomic E-state index is 0.222. The lowest BCUT2D eigenvalue weighted by Gasteiger charge is -2.36. The Morgan fingerprint density at radius 2 is 1.68 bits per heavy atom. The van der Waals surface area contributed by atoms with Crippen LogP contribution < -0.4 is 26.2 Å². The van der Waals surface area contributed by atoms with Gasteiger partial charge in [-0.25, -0.2) is 4.79 Å². The molecule has 2 heterocycles. The maximum absolute atomic E-state index is 13.0. The van der Waals surface area contributed by atoms with E-state index in [1.54, 1.807) is 25.3 Å². The highest BCUT2D eigenvalue weighted by Gasteiger charge is 2.17. The summed E-state index contributed by atoms with van der Waals surface area (Å²) < 4.78 is 6.46. The molecule has 0 saturated carbocycles. The van der Waals surface area contributed by atoms with Gasteiger partial charge < -0.3 is 19.9 Å². The number of carbonyl (C=O) groups excluding carboxylic acids is 1. The van der Waals surface area contributed by atoms with Crippen LogP contribution in [0.2, 0.25) is 0 Å². The molecule has 9 nitrogen and oxygen atoms in total. The topological polar surface area (TPSA) is 99.7 Å². The van der Waals surface area contributed by atoms with Crippen LogP contribution in [0.5, 0.6) is 5.75 Å². The number of H-pyrrole nitrogens is 1. The zero-order chi connectivity index (χ0) is 27.9. The van der Waals surface area contributed by atoms with E-state index in [2.05, 4.69) is 32.2 Å². The number of aromatic amines is 1. The van der Waals surface area contributed by atoms with Gasteiger partial charge in [-0.05, 0) is 67.4 Å². The van der Waals surface area contributed by atoms with Gasteiger partial charge in [-0.15, -0.1) is 0 Å².